The summed E-state index contributed by atoms with van der Waals surface area (Å²) in [5.41, 5.74) is 3.42. The maximum Gasteiger partial charge on any atom is 0.329 e. The Labute approximate surface area is 288 Å². The Morgan fingerprint density at radius 1 is 1.15 bits per heavy atom. The maximum absolute atomic E-state index is 14.3. The number of likely N-dealkylation sites (tertiary alicyclic amines) is 1. The number of allylic oxidation sites excluding steroid dienone is 1. The monoisotopic (exact) mass is 693 g/mol. The Balaban J connectivity index is 1.42. The number of nitriles is 1. The van der Waals surface area contributed by atoms with Crippen LogP contribution in [0.15, 0.2) is 52.9 Å². The second-order valence-corrected chi connectivity index (χ2v) is 16.0. The van der Waals surface area contributed by atoms with Crippen molar-refractivity contribution in [2.45, 2.75) is 58.1 Å². The third-order valence-corrected chi connectivity index (χ3v) is 12.2. The van der Waals surface area contributed by atoms with Crippen molar-refractivity contribution in [3.63, 3.8) is 0 Å². The van der Waals surface area contributed by atoms with E-state index in [-0.39, 0.29) is 42.3 Å². The van der Waals surface area contributed by atoms with Crippen LogP contribution in [0.2, 0.25) is 5.02 Å². The number of carbonyl (C=O) groups excluding carboxylic acids is 2. The molecule has 2 aromatic carbocycles. The number of hydrogen-bond donors (Lipinski definition) is 1. The fourth-order valence-corrected chi connectivity index (χ4v) is 9.18. The highest BCUT2D eigenvalue weighted by Crippen LogP contribution is 2.42. The minimum Gasteiger partial charge on any atom is -0.491 e. The fourth-order valence-electron chi connectivity index (χ4n) is 7.10. The number of anilines is 1. The molecule has 2 fully saturated rings. The Hall–Kier alpha value is -3.59. The molecule has 4 aliphatic rings. The number of ether oxygens (including phenoxy) is 2. The lowest BCUT2D eigenvalue weighted by Crippen LogP contribution is -2.54. The molecule has 2 bridgehead atoms. The van der Waals surface area contributed by atoms with Crippen LogP contribution in [0, 0.1) is 35.0 Å². The lowest BCUT2D eigenvalue weighted by molar-refractivity contribution is 0.0133. The van der Waals surface area contributed by atoms with Crippen molar-refractivity contribution in [1.29, 1.82) is 5.26 Å². The predicted octanol–water partition coefficient (Wildman–Crippen LogP) is 6.39. The highest BCUT2D eigenvalue weighted by Gasteiger charge is 2.38. The lowest BCUT2D eigenvalue weighted by Gasteiger charge is -2.43. The molecule has 3 aliphatic heterocycles. The van der Waals surface area contributed by atoms with Crippen molar-refractivity contribution < 1.29 is 23.3 Å². The van der Waals surface area contributed by atoms with E-state index in [1.807, 2.05) is 13.0 Å². The molecule has 6 rings (SSSR count). The van der Waals surface area contributed by atoms with E-state index in [0.717, 1.165) is 44.3 Å². The van der Waals surface area contributed by atoms with Gasteiger partial charge in [-0.3, -0.25) is 9.52 Å². The number of carbonyl (C=O) groups is 2. The lowest BCUT2D eigenvalue weighted by atomic mass is 9.70. The molecule has 5 atom stereocenters. The average molecular weight is 694 g/mol. The molecule has 1 saturated carbocycles. The van der Waals surface area contributed by atoms with Crippen molar-refractivity contribution in [3.05, 3.63) is 70.3 Å². The summed E-state index contributed by atoms with van der Waals surface area (Å²) < 4.78 is 33.5. The van der Waals surface area contributed by atoms with Crippen molar-refractivity contribution in [2.75, 3.05) is 44.0 Å². The molecular formula is C36H44ClN5O5S. The minimum atomic E-state index is -3.52. The van der Waals surface area contributed by atoms with Crippen molar-refractivity contribution in [1.82, 2.24) is 9.62 Å². The molecule has 3 heterocycles. The van der Waals surface area contributed by atoms with E-state index < -0.39 is 21.9 Å². The van der Waals surface area contributed by atoms with Crippen LogP contribution in [-0.2, 0) is 27.6 Å². The summed E-state index contributed by atoms with van der Waals surface area (Å²) in [4.78, 5) is 30.7. The van der Waals surface area contributed by atoms with Gasteiger partial charge in [0.15, 0.2) is 0 Å². The number of hydrogen-bond acceptors (Lipinski definition) is 7. The van der Waals surface area contributed by atoms with Crippen LogP contribution in [0.1, 0.15) is 60.5 Å². The second kappa shape index (κ2) is 14.9. The first kappa shape index (κ1) is 34.3. The smallest absolute Gasteiger partial charge is 0.329 e. The standard InChI is InChI=1S/C36H44ClN5O5S/c1-24-6-5-8-33(46-2)31-13-10-29(31)22-41-21-28-9-12-30(37)16-26(28)7-3-4-15-47-34-14-11-27(17-32(34)41)35(43)39-48(45,23-24)40-36(44)42-19-25(18-38)20-42/h5,8-9,11-12,14,16-17,24-25,29,31,33H,3-4,6-7,10,13,15,19-23H2,1-2H3,(H,39,40,43,44,45)/b8-5+/t24-,29-,31+,33-,48?/m0/s1. The van der Waals surface area contributed by atoms with Gasteiger partial charge < -0.3 is 19.3 Å². The van der Waals surface area contributed by atoms with Crippen molar-refractivity contribution >= 4 is 39.1 Å². The third-order valence-electron chi connectivity index (χ3n) is 10.0. The first-order chi connectivity index (χ1) is 23.1. The number of rotatable bonds is 2. The van der Waals surface area contributed by atoms with Crippen LogP contribution in [0.4, 0.5) is 10.5 Å². The molecule has 256 valence electrons. The van der Waals surface area contributed by atoms with Gasteiger partial charge in [-0.1, -0.05) is 36.7 Å². The molecule has 3 amide bonds. The van der Waals surface area contributed by atoms with Crippen LogP contribution in [0.5, 0.6) is 5.75 Å². The van der Waals surface area contributed by atoms with Gasteiger partial charge in [-0.05, 0) is 97.7 Å². The van der Waals surface area contributed by atoms with E-state index in [9.17, 15) is 13.8 Å². The molecule has 2 aromatic rings. The van der Waals surface area contributed by atoms with Crippen molar-refractivity contribution in [2.24, 2.45) is 28.0 Å². The SMILES string of the molecule is CO[C@H]1/C=C/C[C@H](C)CS(=O)(NC(=O)N2CC(C#N)C2)=NC(=O)c2ccc3c(c2)N(Cc2ccc(Cl)cc2CCCCO3)C[C@@H]2CC[C@H]21. The second-order valence-electron chi connectivity index (χ2n) is 13.6. The summed E-state index contributed by atoms with van der Waals surface area (Å²) in [6.45, 7) is 4.29. The van der Waals surface area contributed by atoms with Crippen LogP contribution >= 0.6 is 11.6 Å². The first-order valence-electron chi connectivity index (χ1n) is 16.9. The Kier molecular flexibility index (Phi) is 10.6. The van der Waals surface area contributed by atoms with E-state index in [1.54, 1.807) is 25.3 Å². The molecule has 48 heavy (non-hydrogen) atoms. The topological polar surface area (TPSA) is 124 Å². The molecule has 1 saturated heterocycles. The van der Waals surface area contributed by atoms with Crippen LogP contribution in [0.3, 0.4) is 0 Å². The molecule has 1 unspecified atom stereocenters. The van der Waals surface area contributed by atoms with Crippen LogP contribution in [0.25, 0.3) is 0 Å². The molecule has 12 heteroatoms. The number of urea groups is 1. The van der Waals surface area contributed by atoms with Gasteiger partial charge >= 0.3 is 6.03 Å². The van der Waals surface area contributed by atoms with Gasteiger partial charge in [-0.2, -0.15) is 5.26 Å². The number of aryl methyl sites for hydroxylation is 1. The summed E-state index contributed by atoms with van der Waals surface area (Å²) in [5, 5.41) is 9.86. The van der Waals surface area contributed by atoms with Crippen molar-refractivity contribution in [3.8, 4) is 11.8 Å². The van der Waals surface area contributed by atoms with Gasteiger partial charge in [0.25, 0.3) is 5.91 Å². The fraction of sp³-hybridized carbons (Fsp3) is 0.528. The van der Waals surface area contributed by atoms with Gasteiger partial charge in [0, 0.05) is 43.9 Å². The van der Waals surface area contributed by atoms with Gasteiger partial charge in [0.1, 0.15) is 15.7 Å². The Morgan fingerprint density at radius 2 is 1.98 bits per heavy atom. The maximum atomic E-state index is 14.3. The zero-order valence-electron chi connectivity index (χ0n) is 27.6. The average Bonchev–Trinajstić information content (AvgIpc) is 3.04. The zero-order valence-corrected chi connectivity index (χ0v) is 29.2. The zero-order chi connectivity index (χ0) is 33.8. The Bertz CT molecular complexity index is 1730. The number of nitrogens with zero attached hydrogens (tertiary/aromatic N) is 4. The van der Waals surface area contributed by atoms with E-state index in [1.165, 1.54) is 16.0 Å². The number of fused-ring (bicyclic) bond motifs is 3. The van der Waals surface area contributed by atoms with Gasteiger partial charge in [0.05, 0.1) is 36.1 Å². The molecule has 0 aromatic heterocycles. The summed E-state index contributed by atoms with van der Waals surface area (Å²) in [5.74, 6) is 0.273. The number of methoxy groups -OCH3 is 1. The Morgan fingerprint density at radius 3 is 2.73 bits per heavy atom. The molecule has 10 nitrogen and oxygen atoms in total. The van der Waals surface area contributed by atoms with Crippen LogP contribution < -0.4 is 14.4 Å². The summed E-state index contributed by atoms with van der Waals surface area (Å²) in [6.07, 6.45) is 9.48. The number of benzene rings is 2. The summed E-state index contributed by atoms with van der Waals surface area (Å²) in [7, 11) is -1.77. The quantitative estimate of drug-likeness (QED) is 0.362. The molecule has 0 radical (unpaired) electrons. The number of amides is 3. The van der Waals surface area contributed by atoms with E-state index >= 15 is 0 Å². The summed E-state index contributed by atoms with van der Waals surface area (Å²) >= 11 is 6.44. The normalized spacial score (nSPS) is 28.8. The molecular weight excluding hydrogens is 650 g/mol. The van der Waals surface area contributed by atoms with E-state index in [2.05, 4.69) is 44.3 Å². The minimum absolute atomic E-state index is 0.00639. The van der Waals surface area contributed by atoms with E-state index in [0.29, 0.717) is 42.2 Å². The first-order valence-corrected chi connectivity index (χ1v) is 18.9. The van der Waals surface area contributed by atoms with E-state index in [4.69, 9.17) is 26.3 Å². The highest BCUT2D eigenvalue weighted by atomic mass is 35.5. The number of halogens is 1. The summed E-state index contributed by atoms with van der Waals surface area (Å²) in [6, 6.07) is 12.9. The molecule has 1 aliphatic carbocycles. The van der Waals surface area contributed by atoms with Gasteiger partial charge in [-0.25, -0.2) is 9.00 Å². The third kappa shape index (κ3) is 7.82. The predicted molar refractivity (Wildman–Crippen MR) is 186 cm³/mol. The number of nitrogens with one attached hydrogen (secondary N) is 1. The van der Waals surface area contributed by atoms with Gasteiger partial charge in [-0.15, -0.1) is 4.36 Å². The molecule has 0 spiro atoms. The largest absolute Gasteiger partial charge is 0.491 e. The highest BCUT2D eigenvalue weighted by molar-refractivity contribution is 7.92. The van der Waals surface area contributed by atoms with Crippen LogP contribution in [-0.4, -0.2) is 66.3 Å². The van der Waals surface area contributed by atoms with Gasteiger partial charge in [0.2, 0.25) is 0 Å². The molecule has 1 N–H and O–H groups in total.